The van der Waals surface area contributed by atoms with Crippen molar-refractivity contribution in [2.24, 2.45) is 5.92 Å². The monoisotopic (exact) mass is 356 g/mol. The van der Waals surface area contributed by atoms with Crippen LogP contribution < -0.4 is 0 Å². The molecule has 4 heteroatoms. The van der Waals surface area contributed by atoms with E-state index in [2.05, 4.69) is 20.8 Å². The average Bonchev–Trinajstić information content (AvgIpc) is 2.61. The third-order valence-corrected chi connectivity index (χ3v) is 4.55. The molecule has 0 aliphatic heterocycles. The molecule has 0 rings (SSSR count). The molecule has 0 saturated heterocycles. The van der Waals surface area contributed by atoms with Gasteiger partial charge in [0.25, 0.3) is 0 Å². The fourth-order valence-electron chi connectivity index (χ4n) is 2.70. The molecule has 0 aromatic rings. The van der Waals surface area contributed by atoms with Crippen LogP contribution in [0.5, 0.6) is 0 Å². The fourth-order valence-corrected chi connectivity index (χ4v) is 2.70. The van der Waals surface area contributed by atoms with Crippen molar-refractivity contribution in [1.29, 1.82) is 0 Å². The molecule has 0 bridgehead atoms. The number of rotatable bonds is 17. The van der Waals surface area contributed by atoms with Gasteiger partial charge in [-0.15, -0.1) is 0 Å². The van der Waals surface area contributed by atoms with Crippen molar-refractivity contribution < 1.29 is 19.1 Å². The molecular weight excluding hydrogens is 316 g/mol. The van der Waals surface area contributed by atoms with Gasteiger partial charge in [-0.3, -0.25) is 9.59 Å². The van der Waals surface area contributed by atoms with Gasteiger partial charge in [-0.2, -0.15) is 0 Å². The van der Waals surface area contributed by atoms with E-state index in [9.17, 15) is 9.59 Å². The number of unbranched alkanes of at least 4 members (excludes halogenated alkanes) is 6. The Kier molecular flexibility index (Phi) is 17.0. The zero-order valence-electron chi connectivity index (χ0n) is 16.8. The Balaban J connectivity index is 3.54. The fraction of sp³-hybridized carbons (Fsp3) is 0.905. The highest BCUT2D eigenvalue weighted by Crippen LogP contribution is 2.13. The highest BCUT2D eigenvalue weighted by atomic mass is 16.5. The van der Waals surface area contributed by atoms with Crippen LogP contribution in [0.3, 0.4) is 0 Å². The van der Waals surface area contributed by atoms with Crippen LogP contribution in [0.2, 0.25) is 0 Å². The molecular formula is C21H40O4. The Morgan fingerprint density at radius 3 is 1.96 bits per heavy atom. The third-order valence-electron chi connectivity index (χ3n) is 4.55. The number of ether oxygens (including phenoxy) is 2. The lowest BCUT2D eigenvalue weighted by molar-refractivity contribution is -0.146. The summed E-state index contributed by atoms with van der Waals surface area (Å²) in [5.41, 5.74) is 0. The van der Waals surface area contributed by atoms with E-state index in [0.29, 0.717) is 38.4 Å². The minimum atomic E-state index is -0.198. The van der Waals surface area contributed by atoms with E-state index in [1.165, 1.54) is 38.5 Å². The van der Waals surface area contributed by atoms with Gasteiger partial charge < -0.3 is 9.47 Å². The molecule has 4 nitrogen and oxygen atoms in total. The zero-order chi connectivity index (χ0) is 18.8. The maximum absolute atomic E-state index is 11.7. The molecule has 0 radical (unpaired) electrons. The number of hydrogen-bond donors (Lipinski definition) is 0. The molecule has 1 atom stereocenters. The minimum absolute atomic E-state index is 0.196. The van der Waals surface area contributed by atoms with Gasteiger partial charge in [-0.1, -0.05) is 72.1 Å². The van der Waals surface area contributed by atoms with E-state index in [0.717, 1.165) is 25.7 Å². The number of esters is 2. The van der Waals surface area contributed by atoms with Crippen molar-refractivity contribution in [2.45, 2.75) is 104 Å². The van der Waals surface area contributed by atoms with E-state index >= 15 is 0 Å². The molecule has 0 amide bonds. The molecule has 148 valence electrons. The zero-order valence-corrected chi connectivity index (χ0v) is 16.8. The van der Waals surface area contributed by atoms with Crippen molar-refractivity contribution in [2.75, 3.05) is 13.2 Å². The Morgan fingerprint density at radius 2 is 1.32 bits per heavy atom. The average molecular weight is 357 g/mol. The molecule has 0 heterocycles. The molecule has 25 heavy (non-hydrogen) atoms. The predicted octanol–water partition coefficient (Wildman–Crippen LogP) is 5.82. The van der Waals surface area contributed by atoms with Gasteiger partial charge in [0.2, 0.25) is 0 Å². The van der Waals surface area contributed by atoms with Gasteiger partial charge in [0.05, 0.1) is 13.2 Å². The predicted molar refractivity (Wildman–Crippen MR) is 102 cm³/mol. The van der Waals surface area contributed by atoms with Crippen molar-refractivity contribution in [3.05, 3.63) is 0 Å². The normalized spacial score (nSPS) is 12.0. The van der Waals surface area contributed by atoms with Crippen LogP contribution in [0.1, 0.15) is 104 Å². The van der Waals surface area contributed by atoms with Gasteiger partial charge in [-0.25, -0.2) is 0 Å². The summed E-state index contributed by atoms with van der Waals surface area (Å²) in [4.78, 5) is 23.3. The Labute approximate surface area is 155 Å². The highest BCUT2D eigenvalue weighted by molar-refractivity contribution is 5.72. The molecule has 0 N–H and O–H groups in total. The Morgan fingerprint density at radius 1 is 0.720 bits per heavy atom. The molecule has 1 unspecified atom stereocenters. The first-order valence-corrected chi connectivity index (χ1v) is 10.4. The lowest BCUT2D eigenvalue weighted by atomic mass is 10.0. The first-order valence-electron chi connectivity index (χ1n) is 10.4. The molecule has 0 fully saturated rings. The van der Waals surface area contributed by atoms with Crippen LogP contribution in [-0.2, 0) is 19.1 Å². The van der Waals surface area contributed by atoms with Gasteiger partial charge in [0.15, 0.2) is 0 Å². The summed E-state index contributed by atoms with van der Waals surface area (Å²) in [6.45, 7) is 7.52. The lowest BCUT2D eigenvalue weighted by Gasteiger charge is -2.14. The van der Waals surface area contributed by atoms with Crippen molar-refractivity contribution in [1.82, 2.24) is 0 Å². The molecule has 0 aromatic heterocycles. The topological polar surface area (TPSA) is 52.6 Å². The van der Waals surface area contributed by atoms with Crippen molar-refractivity contribution in [3.8, 4) is 0 Å². The largest absolute Gasteiger partial charge is 0.466 e. The van der Waals surface area contributed by atoms with Gasteiger partial charge >= 0.3 is 11.9 Å². The summed E-state index contributed by atoms with van der Waals surface area (Å²) in [5.74, 6) is 0.0700. The van der Waals surface area contributed by atoms with E-state index in [4.69, 9.17) is 9.47 Å². The van der Waals surface area contributed by atoms with Gasteiger partial charge in [0, 0.05) is 12.8 Å². The minimum Gasteiger partial charge on any atom is -0.466 e. The maximum Gasteiger partial charge on any atom is 0.305 e. The summed E-state index contributed by atoms with van der Waals surface area (Å²) >= 11 is 0. The maximum atomic E-state index is 11.7. The molecule has 0 aliphatic carbocycles. The van der Waals surface area contributed by atoms with E-state index < -0.39 is 0 Å². The summed E-state index contributed by atoms with van der Waals surface area (Å²) in [5, 5.41) is 0. The summed E-state index contributed by atoms with van der Waals surface area (Å²) in [6.07, 6.45) is 12.7. The number of carbonyl (C=O) groups excluding carboxylic acids is 2. The first kappa shape index (κ1) is 23.9. The summed E-state index contributed by atoms with van der Waals surface area (Å²) in [7, 11) is 0. The Bertz CT molecular complexity index is 328. The molecule has 0 aromatic carbocycles. The van der Waals surface area contributed by atoms with Crippen molar-refractivity contribution in [3.63, 3.8) is 0 Å². The molecule has 0 aliphatic rings. The van der Waals surface area contributed by atoms with Crippen LogP contribution >= 0.6 is 0 Å². The van der Waals surface area contributed by atoms with Gasteiger partial charge in [-0.05, 0) is 25.2 Å². The second kappa shape index (κ2) is 17.8. The third kappa shape index (κ3) is 16.2. The summed E-state index contributed by atoms with van der Waals surface area (Å²) in [6, 6.07) is 0. The van der Waals surface area contributed by atoms with Crippen LogP contribution in [0, 0.1) is 5.92 Å². The summed E-state index contributed by atoms with van der Waals surface area (Å²) < 4.78 is 10.5. The first-order chi connectivity index (χ1) is 12.1. The van der Waals surface area contributed by atoms with Crippen LogP contribution in [-0.4, -0.2) is 25.2 Å². The van der Waals surface area contributed by atoms with Crippen LogP contribution in [0.4, 0.5) is 0 Å². The molecule has 0 saturated carbocycles. The number of hydrogen-bond acceptors (Lipinski definition) is 4. The quantitative estimate of drug-likeness (QED) is 0.243. The smallest absolute Gasteiger partial charge is 0.305 e. The van der Waals surface area contributed by atoms with E-state index in [1.807, 2.05) is 0 Å². The van der Waals surface area contributed by atoms with Crippen LogP contribution in [0.15, 0.2) is 0 Å². The second-order valence-corrected chi connectivity index (χ2v) is 6.94. The lowest BCUT2D eigenvalue weighted by Crippen LogP contribution is -2.14. The van der Waals surface area contributed by atoms with Crippen molar-refractivity contribution >= 4 is 11.9 Å². The number of carbonyl (C=O) groups is 2. The standard InChI is InChI=1S/C21H40O4/c1-4-7-9-10-11-12-17-24-20(22)15-13-16-21(23)25-18-19(6-3)14-8-5-2/h19H,4-18H2,1-3H3. The van der Waals surface area contributed by atoms with Gasteiger partial charge in [0.1, 0.15) is 0 Å². The second-order valence-electron chi connectivity index (χ2n) is 6.94. The van der Waals surface area contributed by atoms with E-state index in [1.54, 1.807) is 0 Å². The van der Waals surface area contributed by atoms with Crippen LogP contribution in [0.25, 0.3) is 0 Å². The molecule has 0 spiro atoms. The highest BCUT2D eigenvalue weighted by Gasteiger charge is 2.11. The Hall–Kier alpha value is -1.06. The van der Waals surface area contributed by atoms with E-state index in [-0.39, 0.29) is 11.9 Å². The SMILES string of the molecule is CCCCCCCCOC(=O)CCCC(=O)OCC(CC)CCCC.